The summed E-state index contributed by atoms with van der Waals surface area (Å²) in [6, 6.07) is 7.66. The van der Waals surface area contributed by atoms with E-state index in [2.05, 4.69) is 9.97 Å². The molecule has 1 heterocycles. The van der Waals surface area contributed by atoms with Crippen molar-refractivity contribution in [3.05, 3.63) is 36.2 Å². The summed E-state index contributed by atoms with van der Waals surface area (Å²) >= 11 is 0. The van der Waals surface area contributed by atoms with Crippen LogP contribution >= 0.6 is 0 Å². The Kier molecular flexibility index (Phi) is 4.18. The number of nitrogens with zero attached hydrogens (tertiary/aromatic N) is 2. The summed E-state index contributed by atoms with van der Waals surface area (Å²) in [5.41, 5.74) is 7.36. The number of hydrogen-bond donors (Lipinski definition) is 1. The van der Waals surface area contributed by atoms with Gasteiger partial charge in [-0.25, -0.2) is 0 Å². The van der Waals surface area contributed by atoms with Crippen LogP contribution in [-0.4, -0.2) is 16.6 Å². The molecule has 1 aromatic carbocycles. The molecule has 0 saturated carbocycles. The number of benzene rings is 1. The van der Waals surface area contributed by atoms with E-state index in [1.165, 1.54) is 6.33 Å². The Morgan fingerprint density at radius 2 is 2.00 bits per heavy atom. The van der Waals surface area contributed by atoms with E-state index in [9.17, 15) is 0 Å². The molecule has 0 aliphatic carbocycles. The Labute approximate surface area is 112 Å². The monoisotopic (exact) mass is 259 g/mol. The van der Waals surface area contributed by atoms with Crippen LogP contribution in [0.2, 0.25) is 0 Å². The third-order valence-electron chi connectivity index (χ3n) is 2.46. The van der Waals surface area contributed by atoms with Crippen molar-refractivity contribution in [2.75, 3.05) is 12.3 Å². The third-order valence-corrected chi connectivity index (χ3v) is 2.46. The molecule has 5 nitrogen and oxygen atoms in total. The van der Waals surface area contributed by atoms with E-state index in [-0.39, 0.29) is 0 Å². The van der Waals surface area contributed by atoms with Crippen LogP contribution in [-0.2, 0) is 0 Å². The van der Waals surface area contributed by atoms with Crippen LogP contribution in [0.15, 0.2) is 30.6 Å². The molecular weight excluding hydrogens is 242 g/mol. The second-order valence-electron chi connectivity index (χ2n) is 4.16. The van der Waals surface area contributed by atoms with Crippen LogP contribution < -0.4 is 15.2 Å². The quantitative estimate of drug-likeness (QED) is 0.893. The highest BCUT2D eigenvalue weighted by Gasteiger charge is 2.11. The zero-order valence-electron chi connectivity index (χ0n) is 11.1. The first-order chi connectivity index (χ1) is 9.20. The van der Waals surface area contributed by atoms with Gasteiger partial charge < -0.3 is 15.2 Å². The molecule has 2 rings (SSSR count). The molecule has 0 fully saturated rings. The fourth-order valence-corrected chi connectivity index (χ4v) is 1.55. The van der Waals surface area contributed by atoms with Gasteiger partial charge in [0.05, 0.1) is 6.61 Å². The van der Waals surface area contributed by atoms with Crippen molar-refractivity contribution in [3.8, 4) is 17.5 Å². The van der Waals surface area contributed by atoms with Crippen LogP contribution in [0.4, 0.5) is 5.69 Å². The highest BCUT2D eigenvalue weighted by atomic mass is 16.5. The van der Waals surface area contributed by atoms with Crippen molar-refractivity contribution in [2.24, 2.45) is 0 Å². The molecule has 0 amide bonds. The standard InChI is InChI=1S/C14H17N3O2/c1-3-7-18-13-12(15)14(17-9-16-13)19-11-6-4-5-10(2)8-11/h4-6,8-9H,3,7,15H2,1-2H3. The van der Waals surface area contributed by atoms with Gasteiger partial charge in [0.2, 0.25) is 11.8 Å². The SMILES string of the molecule is CCCOc1ncnc(Oc2cccc(C)c2)c1N. The predicted molar refractivity (Wildman–Crippen MR) is 73.5 cm³/mol. The van der Waals surface area contributed by atoms with Crippen LogP contribution in [0.5, 0.6) is 17.5 Å². The molecule has 1 aromatic heterocycles. The smallest absolute Gasteiger partial charge is 0.249 e. The van der Waals surface area contributed by atoms with Gasteiger partial charge in [-0.3, -0.25) is 0 Å². The maximum atomic E-state index is 5.93. The van der Waals surface area contributed by atoms with E-state index in [0.717, 1.165) is 12.0 Å². The van der Waals surface area contributed by atoms with Gasteiger partial charge in [0, 0.05) is 0 Å². The topological polar surface area (TPSA) is 70.3 Å². The summed E-state index contributed by atoms with van der Waals surface area (Å²) in [6.45, 7) is 4.57. The Morgan fingerprint density at radius 1 is 1.21 bits per heavy atom. The van der Waals surface area contributed by atoms with Gasteiger partial charge in [-0.05, 0) is 31.0 Å². The Hall–Kier alpha value is -2.30. The molecule has 0 bridgehead atoms. The largest absolute Gasteiger partial charge is 0.476 e. The van der Waals surface area contributed by atoms with Gasteiger partial charge in [-0.2, -0.15) is 9.97 Å². The van der Waals surface area contributed by atoms with Crippen molar-refractivity contribution >= 4 is 5.69 Å². The number of rotatable bonds is 5. The number of ether oxygens (including phenoxy) is 2. The lowest BCUT2D eigenvalue weighted by atomic mass is 10.2. The van der Waals surface area contributed by atoms with Gasteiger partial charge in [-0.1, -0.05) is 19.1 Å². The number of aryl methyl sites for hydroxylation is 1. The molecule has 0 unspecified atom stereocenters. The molecule has 0 saturated heterocycles. The second-order valence-corrected chi connectivity index (χ2v) is 4.16. The first-order valence-electron chi connectivity index (χ1n) is 6.18. The van der Waals surface area contributed by atoms with Crippen molar-refractivity contribution in [2.45, 2.75) is 20.3 Å². The first-order valence-corrected chi connectivity index (χ1v) is 6.18. The van der Waals surface area contributed by atoms with E-state index in [1.807, 2.05) is 38.1 Å². The summed E-state index contributed by atoms with van der Waals surface area (Å²) in [7, 11) is 0. The molecule has 2 N–H and O–H groups in total. The van der Waals surface area contributed by atoms with E-state index in [1.54, 1.807) is 0 Å². The van der Waals surface area contributed by atoms with E-state index in [0.29, 0.717) is 29.8 Å². The predicted octanol–water partition coefficient (Wildman–Crippen LogP) is 2.95. The van der Waals surface area contributed by atoms with Gasteiger partial charge in [-0.15, -0.1) is 0 Å². The van der Waals surface area contributed by atoms with Crippen molar-refractivity contribution in [1.29, 1.82) is 0 Å². The second kappa shape index (κ2) is 6.04. The summed E-state index contributed by atoms with van der Waals surface area (Å²) < 4.78 is 11.1. The minimum absolute atomic E-state index is 0.312. The van der Waals surface area contributed by atoms with Crippen LogP contribution in [0.25, 0.3) is 0 Å². The van der Waals surface area contributed by atoms with Crippen LogP contribution in [0, 0.1) is 6.92 Å². The molecule has 0 spiro atoms. The minimum atomic E-state index is 0.312. The Morgan fingerprint density at radius 3 is 2.74 bits per heavy atom. The van der Waals surface area contributed by atoms with Gasteiger partial charge in [0.15, 0.2) is 5.69 Å². The lowest BCUT2D eigenvalue weighted by Gasteiger charge is -2.10. The number of nitrogens with two attached hydrogens (primary N) is 1. The highest BCUT2D eigenvalue weighted by Crippen LogP contribution is 2.30. The Balaban J connectivity index is 2.20. The average Bonchev–Trinajstić information content (AvgIpc) is 2.40. The minimum Gasteiger partial charge on any atom is -0.476 e. The number of anilines is 1. The number of nitrogen functional groups attached to an aromatic ring is 1. The molecule has 5 heteroatoms. The summed E-state index contributed by atoms with van der Waals surface area (Å²) in [4.78, 5) is 8.03. The first kappa shape index (κ1) is 13.1. The summed E-state index contributed by atoms with van der Waals surface area (Å²) in [5, 5.41) is 0. The lowest BCUT2D eigenvalue weighted by molar-refractivity contribution is 0.304. The maximum absolute atomic E-state index is 5.93. The average molecular weight is 259 g/mol. The maximum Gasteiger partial charge on any atom is 0.249 e. The zero-order chi connectivity index (χ0) is 13.7. The molecule has 100 valence electrons. The lowest BCUT2D eigenvalue weighted by Crippen LogP contribution is -2.04. The van der Waals surface area contributed by atoms with E-state index >= 15 is 0 Å². The molecule has 0 radical (unpaired) electrons. The molecule has 19 heavy (non-hydrogen) atoms. The zero-order valence-corrected chi connectivity index (χ0v) is 11.1. The van der Waals surface area contributed by atoms with Gasteiger partial charge in [0.1, 0.15) is 12.1 Å². The van der Waals surface area contributed by atoms with Gasteiger partial charge >= 0.3 is 0 Å². The Bertz CT molecular complexity index is 558. The normalized spacial score (nSPS) is 10.2. The number of hydrogen-bond acceptors (Lipinski definition) is 5. The van der Waals surface area contributed by atoms with Crippen LogP contribution in [0.1, 0.15) is 18.9 Å². The summed E-state index contributed by atoms with van der Waals surface area (Å²) in [5.74, 6) is 1.36. The summed E-state index contributed by atoms with van der Waals surface area (Å²) in [6.07, 6.45) is 2.27. The molecule has 2 aromatic rings. The van der Waals surface area contributed by atoms with Crippen molar-refractivity contribution < 1.29 is 9.47 Å². The van der Waals surface area contributed by atoms with E-state index < -0.39 is 0 Å². The third kappa shape index (κ3) is 3.34. The molecule has 0 aliphatic rings. The van der Waals surface area contributed by atoms with Crippen molar-refractivity contribution in [1.82, 2.24) is 9.97 Å². The van der Waals surface area contributed by atoms with Gasteiger partial charge in [0.25, 0.3) is 0 Å². The van der Waals surface area contributed by atoms with Crippen LogP contribution in [0.3, 0.4) is 0 Å². The fourth-order valence-electron chi connectivity index (χ4n) is 1.55. The highest BCUT2D eigenvalue weighted by molar-refractivity contribution is 5.56. The fraction of sp³-hybridized carbons (Fsp3) is 0.286. The molecule has 0 aliphatic heterocycles. The number of aromatic nitrogens is 2. The molecular formula is C14H17N3O2. The van der Waals surface area contributed by atoms with E-state index in [4.69, 9.17) is 15.2 Å². The van der Waals surface area contributed by atoms with Crippen molar-refractivity contribution in [3.63, 3.8) is 0 Å². The molecule has 0 atom stereocenters.